The highest BCUT2D eigenvalue weighted by atomic mass is 16.4. The summed E-state index contributed by atoms with van der Waals surface area (Å²) in [5.74, 6) is -0.620. The van der Waals surface area contributed by atoms with Gasteiger partial charge in [-0.15, -0.1) is 0 Å². The molecule has 0 aliphatic carbocycles. The molecular weight excluding hydrogens is 222 g/mol. The maximum atomic E-state index is 11.8. The number of aliphatic carboxylic acids is 1. The summed E-state index contributed by atoms with van der Waals surface area (Å²) < 4.78 is 0. The Morgan fingerprint density at radius 1 is 1.41 bits per heavy atom. The van der Waals surface area contributed by atoms with E-state index in [1.54, 1.807) is 4.90 Å². The Bertz CT molecular complexity index is 306. The fraction of sp³-hybridized carbons (Fsp3) is 0.818. The maximum Gasteiger partial charge on any atom is 0.325 e. The molecule has 0 spiro atoms. The van der Waals surface area contributed by atoms with E-state index in [-0.39, 0.29) is 6.03 Å². The number of hydrogen-bond donors (Lipinski definition) is 2. The normalized spacial score (nSPS) is 26.1. The van der Waals surface area contributed by atoms with Gasteiger partial charge in [0.25, 0.3) is 0 Å². The molecule has 2 N–H and O–H groups in total. The molecule has 0 bridgehead atoms. The van der Waals surface area contributed by atoms with Crippen LogP contribution in [0.25, 0.3) is 0 Å². The van der Waals surface area contributed by atoms with E-state index in [1.807, 2.05) is 14.1 Å². The lowest BCUT2D eigenvalue weighted by Gasteiger charge is -2.22. The third-order valence-corrected chi connectivity index (χ3v) is 3.23. The van der Waals surface area contributed by atoms with Crippen molar-refractivity contribution in [2.24, 2.45) is 5.92 Å². The molecule has 0 radical (unpaired) electrons. The number of carbonyl (C=O) groups excluding carboxylic acids is 1. The molecule has 0 aromatic rings. The molecule has 1 fully saturated rings. The summed E-state index contributed by atoms with van der Waals surface area (Å²) in [5.41, 5.74) is 0. The Labute approximate surface area is 102 Å². The zero-order chi connectivity index (χ0) is 13.2. The van der Waals surface area contributed by atoms with Gasteiger partial charge in [0.1, 0.15) is 6.04 Å². The third-order valence-electron chi connectivity index (χ3n) is 3.23. The molecule has 2 unspecified atom stereocenters. The molecular formula is C11H21N3O3. The maximum absolute atomic E-state index is 11.8. The summed E-state index contributed by atoms with van der Waals surface area (Å²) in [4.78, 5) is 26.2. The van der Waals surface area contributed by atoms with Crippen LogP contribution in [0.4, 0.5) is 4.79 Å². The van der Waals surface area contributed by atoms with Crippen molar-refractivity contribution in [3.05, 3.63) is 0 Å². The molecule has 1 heterocycles. The highest BCUT2D eigenvalue weighted by Crippen LogP contribution is 2.19. The van der Waals surface area contributed by atoms with Crippen molar-refractivity contribution in [1.29, 1.82) is 0 Å². The Morgan fingerprint density at radius 3 is 2.41 bits per heavy atom. The molecule has 0 aromatic heterocycles. The van der Waals surface area contributed by atoms with Gasteiger partial charge < -0.3 is 20.2 Å². The zero-order valence-corrected chi connectivity index (χ0v) is 10.8. The van der Waals surface area contributed by atoms with E-state index in [1.165, 1.54) is 6.92 Å². The number of carboxylic acid groups (broad SMARTS) is 1. The number of nitrogens with one attached hydrogen (secondary N) is 1. The first-order valence-corrected chi connectivity index (χ1v) is 5.77. The van der Waals surface area contributed by atoms with Crippen LogP contribution in [0.5, 0.6) is 0 Å². The lowest BCUT2D eigenvalue weighted by molar-refractivity contribution is -0.138. The number of hydrogen-bond acceptors (Lipinski definition) is 3. The van der Waals surface area contributed by atoms with Crippen LogP contribution in [0.3, 0.4) is 0 Å². The molecule has 1 rings (SSSR count). The minimum absolute atomic E-state index is 0.295. The Hall–Kier alpha value is -1.30. The fourth-order valence-electron chi connectivity index (χ4n) is 2.13. The Kier molecular flexibility index (Phi) is 4.34. The fourth-order valence-corrected chi connectivity index (χ4v) is 2.13. The van der Waals surface area contributed by atoms with E-state index < -0.39 is 12.0 Å². The molecule has 98 valence electrons. The van der Waals surface area contributed by atoms with Crippen molar-refractivity contribution in [1.82, 2.24) is 15.1 Å². The van der Waals surface area contributed by atoms with Crippen LogP contribution < -0.4 is 5.32 Å². The SMILES string of the molecule is CC1CN(C(=O)N[C@H](C)C(=O)O)CC1N(C)C. The second-order valence-corrected chi connectivity index (χ2v) is 4.92. The van der Waals surface area contributed by atoms with Gasteiger partial charge in [0.2, 0.25) is 0 Å². The summed E-state index contributed by atoms with van der Waals surface area (Å²) >= 11 is 0. The zero-order valence-electron chi connectivity index (χ0n) is 10.8. The Balaban J connectivity index is 2.53. The molecule has 2 amide bonds. The molecule has 6 heteroatoms. The van der Waals surface area contributed by atoms with Crippen LogP contribution in [-0.2, 0) is 4.79 Å². The van der Waals surface area contributed by atoms with Gasteiger partial charge in [-0.2, -0.15) is 0 Å². The second kappa shape index (κ2) is 5.35. The minimum atomic E-state index is -1.02. The third kappa shape index (κ3) is 3.33. The molecule has 1 aliphatic rings. The predicted octanol–water partition coefficient (Wildman–Crippen LogP) is 0.0510. The summed E-state index contributed by atoms with van der Waals surface area (Å²) in [6.45, 7) is 4.87. The molecule has 6 nitrogen and oxygen atoms in total. The quantitative estimate of drug-likeness (QED) is 0.734. The van der Waals surface area contributed by atoms with E-state index in [2.05, 4.69) is 17.1 Å². The van der Waals surface area contributed by atoms with E-state index in [9.17, 15) is 9.59 Å². The number of carboxylic acids is 1. The summed E-state index contributed by atoms with van der Waals surface area (Å²) in [6.07, 6.45) is 0. The number of urea groups is 1. The minimum Gasteiger partial charge on any atom is -0.480 e. The van der Waals surface area contributed by atoms with E-state index in [4.69, 9.17) is 5.11 Å². The van der Waals surface area contributed by atoms with Crippen LogP contribution in [-0.4, -0.2) is 66.2 Å². The van der Waals surface area contributed by atoms with E-state index in [0.717, 1.165) is 0 Å². The lowest BCUT2D eigenvalue weighted by Crippen LogP contribution is -2.46. The first kappa shape index (κ1) is 13.8. The monoisotopic (exact) mass is 243 g/mol. The van der Waals surface area contributed by atoms with Crippen molar-refractivity contribution in [3.8, 4) is 0 Å². The van der Waals surface area contributed by atoms with Crippen molar-refractivity contribution in [3.63, 3.8) is 0 Å². The number of rotatable bonds is 3. The number of likely N-dealkylation sites (tertiary alicyclic amines) is 1. The van der Waals surface area contributed by atoms with E-state index in [0.29, 0.717) is 25.0 Å². The highest BCUT2D eigenvalue weighted by Gasteiger charge is 2.34. The topological polar surface area (TPSA) is 72.9 Å². The molecule has 1 aliphatic heterocycles. The van der Waals surface area contributed by atoms with E-state index >= 15 is 0 Å². The van der Waals surface area contributed by atoms with Gasteiger partial charge in [0, 0.05) is 19.1 Å². The van der Waals surface area contributed by atoms with Gasteiger partial charge in [0.15, 0.2) is 0 Å². The number of nitrogens with zero attached hydrogens (tertiary/aromatic N) is 2. The molecule has 0 saturated carbocycles. The average Bonchev–Trinajstić information content (AvgIpc) is 2.60. The van der Waals surface area contributed by atoms with Gasteiger partial charge in [-0.05, 0) is 26.9 Å². The van der Waals surface area contributed by atoms with Crippen LogP contribution in [0, 0.1) is 5.92 Å². The summed E-state index contributed by atoms with van der Waals surface area (Å²) in [5, 5.41) is 11.2. The Morgan fingerprint density at radius 2 is 2.00 bits per heavy atom. The smallest absolute Gasteiger partial charge is 0.325 e. The largest absolute Gasteiger partial charge is 0.480 e. The van der Waals surface area contributed by atoms with Gasteiger partial charge in [-0.3, -0.25) is 4.79 Å². The van der Waals surface area contributed by atoms with Crippen LogP contribution in [0.15, 0.2) is 0 Å². The first-order chi connectivity index (χ1) is 7.82. The van der Waals surface area contributed by atoms with Gasteiger partial charge in [0.05, 0.1) is 0 Å². The van der Waals surface area contributed by atoms with Crippen molar-refractivity contribution in [2.45, 2.75) is 25.9 Å². The number of amides is 2. The highest BCUT2D eigenvalue weighted by molar-refractivity contribution is 5.82. The van der Waals surface area contributed by atoms with Crippen LogP contribution in [0.1, 0.15) is 13.8 Å². The predicted molar refractivity (Wildman–Crippen MR) is 63.8 cm³/mol. The molecule has 17 heavy (non-hydrogen) atoms. The van der Waals surface area contributed by atoms with Gasteiger partial charge in [-0.1, -0.05) is 6.92 Å². The number of carbonyl (C=O) groups is 2. The molecule has 3 atom stereocenters. The molecule has 0 aromatic carbocycles. The van der Waals surface area contributed by atoms with Crippen molar-refractivity contribution in [2.75, 3.05) is 27.2 Å². The summed E-state index contributed by atoms with van der Waals surface area (Å²) in [7, 11) is 3.98. The standard InChI is InChI=1S/C11H21N3O3/c1-7-5-14(6-9(7)13(3)4)11(17)12-8(2)10(15)16/h7-9H,5-6H2,1-4H3,(H,12,17)(H,15,16)/t7?,8-,9?/m1/s1. The van der Waals surface area contributed by atoms with Gasteiger partial charge in [-0.25, -0.2) is 4.79 Å². The average molecular weight is 243 g/mol. The summed E-state index contributed by atoms with van der Waals surface area (Å²) in [6, 6.07) is -0.812. The lowest BCUT2D eigenvalue weighted by atomic mass is 10.1. The first-order valence-electron chi connectivity index (χ1n) is 5.77. The second-order valence-electron chi connectivity index (χ2n) is 4.92. The van der Waals surface area contributed by atoms with Crippen LogP contribution >= 0.6 is 0 Å². The molecule has 1 saturated heterocycles. The van der Waals surface area contributed by atoms with Crippen LogP contribution in [0.2, 0.25) is 0 Å². The number of likely N-dealkylation sites (N-methyl/N-ethyl adjacent to an activating group) is 1. The van der Waals surface area contributed by atoms with Crippen molar-refractivity contribution >= 4 is 12.0 Å². The van der Waals surface area contributed by atoms with Gasteiger partial charge >= 0.3 is 12.0 Å². The van der Waals surface area contributed by atoms with Crippen molar-refractivity contribution < 1.29 is 14.7 Å².